The van der Waals surface area contributed by atoms with Crippen LogP contribution < -0.4 is 5.32 Å². The fourth-order valence-electron chi connectivity index (χ4n) is 1.50. The van der Waals surface area contributed by atoms with Crippen LogP contribution in [0.5, 0.6) is 0 Å². The molecule has 16 heavy (non-hydrogen) atoms. The Balaban J connectivity index is 1.95. The highest BCUT2D eigenvalue weighted by molar-refractivity contribution is 5.91. The summed E-state index contributed by atoms with van der Waals surface area (Å²) in [5.74, 6) is 0.152. The predicted molar refractivity (Wildman–Crippen MR) is 61.1 cm³/mol. The molecule has 0 fully saturated rings. The normalized spacial score (nSPS) is 10.1. The number of carbonyl (C=O) groups excluding carboxylic acids is 1. The highest BCUT2D eigenvalue weighted by atomic mass is 16.3. The van der Waals surface area contributed by atoms with Gasteiger partial charge in [0.25, 0.3) is 5.91 Å². The van der Waals surface area contributed by atoms with Crippen molar-refractivity contribution in [2.45, 2.75) is 13.5 Å². The Kier molecular flexibility index (Phi) is 3.05. The van der Waals surface area contributed by atoms with Crippen molar-refractivity contribution < 1.29 is 9.21 Å². The molecule has 82 valence electrons. The van der Waals surface area contributed by atoms with E-state index in [1.807, 2.05) is 31.2 Å². The lowest BCUT2D eigenvalue weighted by Gasteiger charge is -2.04. The number of nitrogens with one attached hydrogen (secondary N) is 1. The molecular weight excluding hydrogens is 202 g/mol. The smallest absolute Gasteiger partial charge is 0.287 e. The summed E-state index contributed by atoms with van der Waals surface area (Å²) in [5.41, 5.74) is 2.27. The van der Waals surface area contributed by atoms with Crippen LogP contribution in [0.3, 0.4) is 0 Å². The zero-order valence-electron chi connectivity index (χ0n) is 9.07. The summed E-state index contributed by atoms with van der Waals surface area (Å²) >= 11 is 0. The monoisotopic (exact) mass is 215 g/mol. The maximum absolute atomic E-state index is 11.6. The van der Waals surface area contributed by atoms with E-state index < -0.39 is 0 Å². The first-order valence-electron chi connectivity index (χ1n) is 5.13. The molecule has 0 unspecified atom stereocenters. The Bertz CT molecular complexity index is 474. The lowest BCUT2D eigenvalue weighted by molar-refractivity contribution is 0.0923. The third-order valence-corrected chi connectivity index (χ3v) is 2.28. The Morgan fingerprint density at radius 3 is 2.88 bits per heavy atom. The van der Waals surface area contributed by atoms with Gasteiger partial charge in [0.05, 0.1) is 6.26 Å². The van der Waals surface area contributed by atoms with Gasteiger partial charge in [-0.1, -0.05) is 29.8 Å². The second-order valence-electron chi connectivity index (χ2n) is 3.65. The first-order valence-corrected chi connectivity index (χ1v) is 5.13. The van der Waals surface area contributed by atoms with Crippen molar-refractivity contribution in [3.63, 3.8) is 0 Å². The molecule has 1 N–H and O–H groups in total. The van der Waals surface area contributed by atoms with Gasteiger partial charge < -0.3 is 9.73 Å². The fraction of sp³-hybridized carbons (Fsp3) is 0.154. The van der Waals surface area contributed by atoms with Crippen molar-refractivity contribution in [3.05, 3.63) is 59.5 Å². The van der Waals surface area contributed by atoms with Gasteiger partial charge in [-0.05, 0) is 24.6 Å². The van der Waals surface area contributed by atoms with Gasteiger partial charge >= 0.3 is 0 Å². The van der Waals surface area contributed by atoms with Gasteiger partial charge in [-0.15, -0.1) is 0 Å². The average molecular weight is 215 g/mol. The Morgan fingerprint density at radius 2 is 2.19 bits per heavy atom. The molecule has 0 aliphatic rings. The standard InChI is InChI=1S/C13H13NO2/c1-10-4-2-5-11(8-10)9-14-13(15)12-6-3-7-16-12/h2-8H,9H2,1H3,(H,14,15). The molecular formula is C13H13NO2. The van der Waals surface area contributed by atoms with Gasteiger partial charge in [-0.3, -0.25) is 4.79 Å². The summed E-state index contributed by atoms with van der Waals surface area (Å²) in [6.07, 6.45) is 1.49. The number of aryl methyl sites for hydroxylation is 1. The van der Waals surface area contributed by atoms with Crippen molar-refractivity contribution in [3.8, 4) is 0 Å². The molecule has 3 heteroatoms. The highest BCUT2D eigenvalue weighted by Crippen LogP contribution is 2.04. The van der Waals surface area contributed by atoms with Crippen LogP contribution in [0.15, 0.2) is 47.1 Å². The molecule has 2 aromatic rings. The van der Waals surface area contributed by atoms with Gasteiger partial charge in [0.2, 0.25) is 0 Å². The van der Waals surface area contributed by atoms with Crippen molar-refractivity contribution in [2.24, 2.45) is 0 Å². The van der Waals surface area contributed by atoms with E-state index in [9.17, 15) is 4.79 Å². The van der Waals surface area contributed by atoms with Crippen LogP contribution in [0.2, 0.25) is 0 Å². The summed E-state index contributed by atoms with van der Waals surface area (Å²) in [6.45, 7) is 2.54. The molecule has 0 bridgehead atoms. The van der Waals surface area contributed by atoms with E-state index in [1.54, 1.807) is 12.1 Å². The van der Waals surface area contributed by atoms with Crippen LogP contribution in [0.4, 0.5) is 0 Å². The van der Waals surface area contributed by atoms with Crippen molar-refractivity contribution in [1.82, 2.24) is 5.32 Å². The van der Waals surface area contributed by atoms with E-state index in [2.05, 4.69) is 5.32 Å². The number of furan rings is 1. The molecule has 1 aromatic carbocycles. The Hall–Kier alpha value is -2.03. The van der Waals surface area contributed by atoms with Crippen LogP contribution >= 0.6 is 0 Å². The van der Waals surface area contributed by atoms with Crippen molar-refractivity contribution in [2.75, 3.05) is 0 Å². The van der Waals surface area contributed by atoms with Crippen molar-refractivity contribution in [1.29, 1.82) is 0 Å². The summed E-state index contributed by atoms with van der Waals surface area (Å²) < 4.78 is 5.00. The summed E-state index contributed by atoms with van der Waals surface area (Å²) in [6, 6.07) is 11.4. The molecule has 0 aliphatic carbocycles. The molecule has 0 saturated carbocycles. The van der Waals surface area contributed by atoms with Gasteiger partial charge in [0.15, 0.2) is 5.76 Å². The molecule has 0 radical (unpaired) electrons. The van der Waals surface area contributed by atoms with Crippen LogP contribution in [-0.4, -0.2) is 5.91 Å². The van der Waals surface area contributed by atoms with E-state index in [-0.39, 0.29) is 5.91 Å². The third kappa shape index (κ3) is 2.51. The van der Waals surface area contributed by atoms with E-state index in [1.165, 1.54) is 11.8 Å². The number of amides is 1. The summed E-state index contributed by atoms with van der Waals surface area (Å²) in [7, 11) is 0. The molecule has 0 spiro atoms. The molecule has 0 aliphatic heterocycles. The predicted octanol–water partition coefficient (Wildman–Crippen LogP) is 2.52. The molecule has 1 heterocycles. The van der Waals surface area contributed by atoms with Gasteiger partial charge in [0, 0.05) is 6.54 Å². The van der Waals surface area contributed by atoms with Gasteiger partial charge in [-0.25, -0.2) is 0 Å². The number of carbonyl (C=O) groups is 1. The molecule has 3 nitrogen and oxygen atoms in total. The van der Waals surface area contributed by atoms with Crippen LogP contribution in [0, 0.1) is 6.92 Å². The molecule has 1 amide bonds. The third-order valence-electron chi connectivity index (χ3n) is 2.28. The minimum absolute atomic E-state index is 0.188. The number of hydrogen-bond acceptors (Lipinski definition) is 2. The van der Waals surface area contributed by atoms with E-state index >= 15 is 0 Å². The largest absolute Gasteiger partial charge is 0.459 e. The van der Waals surface area contributed by atoms with E-state index in [0.717, 1.165) is 5.56 Å². The van der Waals surface area contributed by atoms with Crippen LogP contribution in [0.25, 0.3) is 0 Å². The van der Waals surface area contributed by atoms with Gasteiger partial charge in [-0.2, -0.15) is 0 Å². The highest BCUT2D eigenvalue weighted by Gasteiger charge is 2.06. The first kappa shape index (κ1) is 10.5. The minimum atomic E-state index is -0.188. The van der Waals surface area contributed by atoms with E-state index in [4.69, 9.17) is 4.42 Å². The van der Waals surface area contributed by atoms with E-state index in [0.29, 0.717) is 12.3 Å². The fourth-order valence-corrected chi connectivity index (χ4v) is 1.50. The summed E-state index contributed by atoms with van der Waals surface area (Å²) in [4.78, 5) is 11.6. The quantitative estimate of drug-likeness (QED) is 0.854. The van der Waals surface area contributed by atoms with Gasteiger partial charge in [0.1, 0.15) is 0 Å². The molecule has 0 saturated heterocycles. The Labute approximate surface area is 94.1 Å². The second-order valence-corrected chi connectivity index (χ2v) is 3.65. The van der Waals surface area contributed by atoms with Crippen molar-refractivity contribution >= 4 is 5.91 Å². The SMILES string of the molecule is Cc1cccc(CNC(=O)c2ccco2)c1. The number of rotatable bonds is 3. The lowest BCUT2D eigenvalue weighted by Crippen LogP contribution is -2.22. The second kappa shape index (κ2) is 4.66. The Morgan fingerprint density at radius 1 is 1.31 bits per heavy atom. The maximum Gasteiger partial charge on any atom is 0.287 e. The minimum Gasteiger partial charge on any atom is -0.459 e. The van der Waals surface area contributed by atoms with Crippen LogP contribution in [0.1, 0.15) is 21.7 Å². The summed E-state index contributed by atoms with van der Waals surface area (Å²) in [5, 5.41) is 2.80. The topological polar surface area (TPSA) is 42.2 Å². The molecule has 0 atom stereocenters. The lowest BCUT2D eigenvalue weighted by atomic mass is 10.1. The first-order chi connectivity index (χ1) is 7.75. The molecule has 2 rings (SSSR count). The molecule has 1 aromatic heterocycles. The number of hydrogen-bond donors (Lipinski definition) is 1. The maximum atomic E-state index is 11.6. The average Bonchev–Trinajstić information content (AvgIpc) is 2.79. The zero-order valence-corrected chi connectivity index (χ0v) is 9.07. The van der Waals surface area contributed by atoms with Crippen LogP contribution in [-0.2, 0) is 6.54 Å². The number of benzene rings is 1. The zero-order chi connectivity index (χ0) is 11.4.